The molecule has 1 aromatic carbocycles. The molecule has 4 heterocycles. The van der Waals surface area contributed by atoms with Crippen molar-refractivity contribution in [2.45, 2.75) is 63.8 Å². The zero-order valence-corrected chi connectivity index (χ0v) is 21.1. The minimum absolute atomic E-state index is 0.0533. The van der Waals surface area contributed by atoms with Gasteiger partial charge in [-0.25, -0.2) is 13.5 Å². The molecule has 3 fully saturated rings. The molecule has 1 amide bonds. The van der Waals surface area contributed by atoms with Crippen LogP contribution in [0.2, 0.25) is 0 Å². The maximum atomic E-state index is 12.9. The van der Waals surface area contributed by atoms with E-state index in [1.54, 1.807) is 29.8 Å². The molecule has 2 aliphatic heterocycles. The lowest BCUT2D eigenvalue weighted by molar-refractivity contribution is -0.135. The average molecular weight is 525 g/mol. The normalized spacial score (nSPS) is 23.6. The second-order valence-corrected chi connectivity index (χ2v) is 10.1. The Balaban J connectivity index is 1.10. The number of aryl methyl sites for hydroxylation is 1. The van der Waals surface area contributed by atoms with Gasteiger partial charge in [-0.3, -0.25) is 9.69 Å². The second-order valence-electron chi connectivity index (χ2n) is 10.1. The van der Waals surface area contributed by atoms with Crippen molar-refractivity contribution < 1.29 is 18.3 Å². The first-order valence-electron chi connectivity index (χ1n) is 13.0. The number of hydrogen-bond acceptors (Lipinski definition) is 8. The smallest absolute Gasteiger partial charge is 0.263 e. The predicted octanol–water partition coefficient (Wildman–Crippen LogP) is 2.81. The summed E-state index contributed by atoms with van der Waals surface area (Å²) in [7, 11) is 0. The number of carbonyl (C=O) groups excluding carboxylic acids is 1. The van der Waals surface area contributed by atoms with Gasteiger partial charge in [0.05, 0.1) is 11.4 Å². The number of nitrogens with one attached hydrogen (secondary N) is 1. The third-order valence-electron chi connectivity index (χ3n) is 7.86. The van der Waals surface area contributed by atoms with Crippen LogP contribution in [0.25, 0.3) is 5.69 Å². The van der Waals surface area contributed by atoms with Gasteiger partial charge in [0.15, 0.2) is 5.82 Å². The highest BCUT2D eigenvalue weighted by atomic mass is 19.3. The van der Waals surface area contributed by atoms with Crippen LogP contribution in [0.15, 0.2) is 36.4 Å². The Morgan fingerprint density at radius 3 is 2.63 bits per heavy atom. The molecule has 6 rings (SSSR count). The van der Waals surface area contributed by atoms with Crippen LogP contribution in [0, 0.1) is 6.92 Å². The van der Waals surface area contributed by atoms with Crippen molar-refractivity contribution in [3.05, 3.63) is 53.3 Å². The first-order valence-corrected chi connectivity index (χ1v) is 13.0. The van der Waals surface area contributed by atoms with Crippen LogP contribution in [0.1, 0.15) is 49.1 Å². The quantitative estimate of drug-likeness (QED) is 0.526. The van der Waals surface area contributed by atoms with Crippen LogP contribution in [0.3, 0.4) is 0 Å². The van der Waals surface area contributed by atoms with Crippen LogP contribution in [-0.4, -0.2) is 73.8 Å². The summed E-state index contributed by atoms with van der Waals surface area (Å²) in [4.78, 5) is 17.3. The van der Waals surface area contributed by atoms with Crippen LogP contribution >= 0.6 is 0 Å². The van der Waals surface area contributed by atoms with E-state index in [4.69, 9.17) is 4.74 Å². The van der Waals surface area contributed by atoms with Crippen molar-refractivity contribution in [3.63, 3.8) is 0 Å². The number of fused-ring (bicyclic) bond motifs is 3. The topological polar surface area (TPSA) is 101 Å². The number of hydrogen-bond donors (Lipinski definition) is 1. The van der Waals surface area contributed by atoms with Gasteiger partial charge in [0.1, 0.15) is 18.3 Å². The first-order chi connectivity index (χ1) is 18.5. The number of amides is 1. The number of nitrogens with zero attached hydrogens (tertiary/aromatic N) is 7. The minimum Gasteiger partial charge on any atom is -0.470 e. The predicted molar refractivity (Wildman–Crippen MR) is 134 cm³/mol. The molecule has 3 aromatic rings. The zero-order valence-electron chi connectivity index (χ0n) is 21.1. The van der Waals surface area contributed by atoms with Gasteiger partial charge >= 0.3 is 0 Å². The second kappa shape index (κ2) is 10.2. The highest BCUT2D eigenvalue weighted by Gasteiger charge is 2.45. The van der Waals surface area contributed by atoms with Crippen molar-refractivity contribution in [1.29, 1.82) is 0 Å². The minimum atomic E-state index is -2.53. The number of alkyl halides is 2. The van der Waals surface area contributed by atoms with Gasteiger partial charge in [-0.05, 0) is 38.0 Å². The van der Waals surface area contributed by atoms with E-state index in [1.165, 1.54) is 25.0 Å². The maximum absolute atomic E-state index is 12.9. The highest BCUT2D eigenvalue weighted by molar-refractivity contribution is 5.84. The molecule has 38 heavy (non-hydrogen) atoms. The molecule has 1 aliphatic carbocycles. The van der Waals surface area contributed by atoms with E-state index in [1.807, 2.05) is 6.07 Å². The van der Waals surface area contributed by atoms with Crippen molar-refractivity contribution in [3.8, 4) is 11.6 Å². The zero-order chi connectivity index (χ0) is 26.2. The van der Waals surface area contributed by atoms with E-state index in [9.17, 15) is 13.6 Å². The van der Waals surface area contributed by atoms with E-state index in [0.717, 1.165) is 25.9 Å². The van der Waals surface area contributed by atoms with E-state index in [2.05, 4.69) is 35.6 Å². The highest BCUT2D eigenvalue weighted by Crippen LogP contribution is 2.31. The molecule has 1 N–H and O–H groups in total. The Kier molecular flexibility index (Phi) is 6.64. The summed E-state index contributed by atoms with van der Waals surface area (Å²) in [5, 5.41) is 20.1. The number of piperazine rings is 2. The summed E-state index contributed by atoms with van der Waals surface area (Å²) < 4.78 is 33.2. The molecule has 1 saturated carbocycles. The molecular formula is C26H30F2N8O2. The fourth-order valence-electron chi connectivity index (χ4n) is 5.80. The van der Waals surface area contributed by atoms with Gasteiger partial charge in [0.2, 0.25) is 11.8 Å². The third-order valence-corrected chi connectivity index (χ3v) is 7.86. The summed E-state index contributed by atoms with van der Waals surface area (Å²) in [6.45, 7) is 4.14. The standard InChI is InChI=1S/C26H30F2N8O2/c1-16-22(36(33-30-16)18-8-6-17(7-9-18)25(27)28)15-38-24-11-10-23(31-32-24)34-12-13-35-20-5-3-2-4-19(20)29-26(37)21(35)14-34/h6-11,19-21,25H,2-5,12-15H2,1H3,(H,29,37)/t19?,20?,21-/m0/s1. The largest absolute Gasteiger partial charge is 0.470 e. The number of halogens is 2. The summed E-state index contributed by atoms with van der Waals surface area (Å²) in [6, 6.07) is 10.1. The van der Waals surface area contributed by atoms with Gasteiger partial charge in [0, 0.05) is 43.3 Å². The molecule has 3 aliphatic rings. The van der Waals surface area contributed by atoms with Crippen molar-refractivity contribution in [2.24, 2.45) is 0 Å². The molecule has 200 valence electrons. The Morgan fingerprint density at radius 1 is 1.05 bits per heavy atom. The summed E-state index contributed by atoms with van der Waals surface area (Å²) in [5.41, 5.74) is 1.90. The average Bonchev–Trinajstić information content (AvgIpc) is 3.32. The van der Waals surface area contributed by atoms with Crippen molar-refractivity contribution in [1.82, 2.24) is 35.4 Å². The van der Waals surface area contributed by atoms with E-state index >= 15 is 0 Å². The van der Waals surface area contributed by atoms with Gasteiger partial charge in [-0.1, -0.05) is 30.2 Å². The van der Waals surface area contributed by atoms with E-state index < -0.39 is 6.43 Å². The van der Waals surface area contributed by atoms with E-state index in [-0.39, 0.29) is 30.2 Å². The van der Waals surface area contributed by atoms with Gasteiger partial charge in [-0.15, -0.1) is 15.3 Å². The van der Waals surface area contributed by atoms with Crippen LogP contribution in [0.5, 0.6) is 5.88 Å². The molecule has 2 aromatic heterocycles. The number of carbonyl (C=O) groups is 1. The van der Waals surface area contributed by atoms with Crippen molar-refractivity contribution in [2.75, 3.05) is 24.5 Å². The third kappa shape index (κ3) is 4.68. The maximum Gasteiger partial charge on any atom is 0.263 e. The number of anilines is 1. The van der Waals surface area contributed by atoms with Crippen molar-refractivity contribution >= 4 is 11.7 Å². The molecule has 0 spiro atoms. The molecular weight excluding hydrogens is 494 g/mol. The Labute approximate surface area is 219 Å². The monoisotopic (exact) mass is 524 g/mol. The molecule has 10 nitrogen and oxygen atoms in total. The molecule has 12 heteroatoms. The summed E-state index contributed by atoms with van der Waals surface area (Å²) >= 11 is 0. The lowest BCUT2D eigenvalue weighted by Crippen LogP contribution is -2.71. The number of rotatable bonds is 6. The molecule has 2 unspecified atom stereocenters. The van der Waals surface area contributed by atoms with Crippen LogP contribution in [-0.2, 0) is 11.4 Å². The fourth-order valence-corrected chi connectivity index (χ4v) is 5.80. The Morgan fingerprint density at radius 2 is 1.87 bits per heavy atom. The van der Waals surface area contributed by atoms with Gasteiger partial charge in [-0.2, -0.15) is 0 Å². The number of ether oxygens (including phenoxy) is 1. The van der Waals surface area contributed by atoms with Crippen LogP contribution in [0.4, 0.5) is 14.6 Å². The summed E-state index contributed by atoms with van der Waals surface area (Å²) in [6.07, 6.45) is 2.08. The number of aromatic nitrogens is 5. The van der Waals surface area contributed by atoms with Gasteiger partial charge in [0.25, 0.3) is 6.43 Å². The van der Waals surface area contributed by atoms with Crippen LogP contribution < -0.4 is 15.0 Å². The van der Waals surface area contributed by atoms with Gasteiger partial charge < -0.3 is 15.0 Å². The Bertz CT molecular complexity index is 1280. The first kappa shape index (κ1) is 24.7. The lowest BCUT2D eigenvalue weighted by atomic mass is 9.85. The lowest BCUT2D eigenvalue weighted by Gasteiger charge is -2.52. The fraction of sp³-hybridized carbons (Fsp3) is 0.500. The Hall–Kier alpha value is -3.67. The molecule has 0 bridgehead atoms. The molecule has 3 atom stereocenters. The number of benzene rings is 1. The summed E-state index contributed by atoms with van der Waals surface area (Å²) in [5.74, 6) is 1.15. The molecule has 2 saturated heterocycles. The SMILES string of the molecule is Cc1nnn(-c2ccc(C(F)F)cc2)c1COc1ccc(N2CCN3C4CCCCC4NC(=O)[C@@H]3C2)nn1. The van der Waals surface area contributed by atoms with E-state index in [0.29, 0.717) is 41.4 Å². The molecule has 0 radical (unpaired) electrons.